The number of carbonyl (C=O) groups is 1. The topological polar surface area (TPSA) is 64.4 Å². The number of carbonyl (C=O) groups excluding carboxylic acids is 1. The van der Waals surface area contributed by atoms with Gasteiger partial charge in [-0.2, -0.15) is 0 Å². The van der Waals surface area contributed by atoms with E-state index in [4.69, 9.17) is 9.15 Å². The Morgan fingerprint density at radius 2 is 2.04 bits per heavy atom. The van der Waals surface area contributed by atoms with Gasteiger partial charge in [0, 0.05) is 5.39 Å². The standard InChI is InChI=1S/C19H18N2O3/c1-2-23-18(22)17-11-20-19(24-17)21-16-10-9-13(12-7-8-12)14-5-3-4-6-15(14)16/h3-6,9-12H,2,7-8H2,1H3,(H,20,21). The van der Waals surface area contributed by atoms with Crippen molar-refractivity contribution in [3.05, 3.63) is 53.9 Å². The average molecular weight is 322 g/mol. The first kappa shape index (κ1) is 14.8. The molecular formula is C19H18N2O3. The molecule has 0 atom stereocenters. The van der Waals surface area contributed by atoms with Crippen LogP contribution in [0.4, 0.5) is 11.7 Å². The monoisotopic (exact) mass is 322 g/mol. The Balaban J connectivity index is 1.65. The lowest BCUT2D eigenvalue weighted by Crippen LogP contribution is -2.02. The fourth-order valence-corrected chi connectivity index (χ4v) is 2.93. The summed E-state index contributed by atoms with van der Waals surface area (Å²) in [5.74, 6) is 0.270. The van der Waals surface area contributed by atoms with E-state index >= 15 is 0 Å². The molecular weight excluding hydrogens is 304 g/mol. The Morgan fingerprint density at radius 3 is 2.79 bits per heavy atom. The van der Waals surface area contributed by atoms with Crippen molar-refractivity contribution in [3.8, 4) is 0 Å². The van der Waals surface area contributed by atoms with Gasteiger partial charge in [-0.15, -0.1) is 0 Å². The first-order valence-electron chi connectivity index (χ1n) is 8.18. The van der Waals surface area contributed by atoms with Crippen molar-refractivity contribution in [1.29, 1.82) is 0 Å². The summed E-state index contributed by atoms with van der Waals surface area (Å²) in [5, 5.41) is 5.54. The molecule has 0 spiro atoms. The number of aromatic nitrogens is 1. The summed E-state index contributed by atoms with van der Waals surface area (Å²) in [7, 11) is 0. The highest BCUT2D eigenvalue weighted by molar-refractivity contribution is 5.97. The highest BCUT2D eigenvalue weighted by Gasteiger charge is 2.25. The molecule has 5 nitrogen and oxygen atoms in total. The molecule has 1 saturated carbocycles. The van der Waals surface area contributed by atoms with Crippen molar-refractivity contribution in [2.45, 2.75) is 25.7 Å². The lowest BCUT2D eigenvalue weighted by Gasteiger charge is -2.11. The van der Waals surface area contributed by atoms with Crippen LogP contribution in [-0.2, 0) is 4.74 Å². The van der Waals surface area contributed by atoms with Gasteiger partial charge in [-0.25, -0.2) is 9.78 Å². The van der Waals surface area contributed by atoms with E-state index in [1.54, 1.807) is 6.92 Å². The summed E-state index contributed by atoms with van der Waals surface area (Å²) < 4.78 is 10.4. The molecule has 0 unspecified atom stereocenters. The molecule has 1 fully saturated rings. The second kappa shape index (κ2) is 6.00. The molecule has 1 aliphatic rings. The van der Waals surface area contributed by atoms with Crippen molar-refractivity contribution in [1.82, 2.24) is 4.98 Å². The summed E-state index contributed by atoms with van der Waals surface area (Å²) in [5.41, 5.74) is 2.31. The van der Waals surface area contributed by atoms with E-state index in [9.17, 15) is 4.79 Å². The largest absolute Gasteiger partial charge is 0.460 e. The predicted molar refractivity (Wildman–Crippen MR) is 91.7 cm³/mol. The predicted octanol–water partition coefficient (Wildman–Crippen LogP) is 4.63. The van der Waals surface area contributed by atoms with Crippen LogP contribution in [0, 0.1) is 0 Å². The Kier molecular flexibility index (Phi) is 3.69. The zero-order chi connectivity index (χ0) is 16.5. The number of anilines is 2. The van der Waals surface area contributed by atoms with E-state index in [1.807, 2.05) is 12.1 Å². The SMILES string of the molecule is CCOC(=O)c1cnc(Nc2ccc(C3CC3)c3ccccc23)o1. The molecule has 1 N–H and O–H groups in total. The van der Waals surface area contributed by atoms with E-state index in [2.05, 4.69) is 34.6 Å². The van der Waals surface area contributed by atoms with Crippen LogP contribution in [0.15, 0.2) is 47.0 Å². The third-order valence-electron chi connectivity index (χ3n) is 4.20. The smallest absolute Gasteiger partial charge is 0.376 e. The van der Waals surface area contributed by atoms with Crippen molar-refractivity contribution < 1.29 is 13.9 Å². The van der Waals surface area contributed by atoms with E-state index in [-0.39, 0.29) is 11.8 Å². The molecule has 1 aliphatic carbocycles. The molecule has 4 rings (SSSR count). The molecule has 0 radical (unpaired) electrons. The molecule has 1 aromatic heterocycles. The van der Waals surface area contributed by atoms with Gasteiger partial charge in [0.2, 0.25) is 5.76 Å². The summed E-state index contributed by atoms with van der Waals surface area (Å²) in [4.78, 5) is 15.8. The van der Waals surface area contributed by atoms with Crippen LogP contribution >= 0.6 is 0 Å². The van der Waals surface area contributed by atoms with Crippen LogP contribution in [0.3, 0.4) is 0 Å². The summed E-state index contributed by atoms with van der Waals surface area (Å²) >= 11 is 0. The highest BCUT2D eigenvalue weighted by Crippen LogP contribution is 2.44. The van der Waals surface area contributed by atoms with Gasteiger partial charge < -0.3 is 14.5 Å². The molecule has 5 heteroatoms. The molecule has 0 aliphatic heterocycles. The number of rotatable bonds is 5. The van der Waals surface area contributed by atoms with Crippen LogP contribution in [0.5, 0.6) is 0 Å². The van der Waals surface area contributed by atoms with Crippen LogP contribution in [0.2, 0.25) is 0 Å². The summed E-state index contributed by atoms with van der Waals surface area (Å²) in [6, 6.07) is 12.8. The third kappa shape index (κ3) is 2.73. The number of hydrogen-bond acceptors (Lipinski definition) is 5. The number of benzene rings is 2. The maximum atomic E-state index is 11.7. The summed E-state index contributed by atoms with van der Waals surface area (Å²) in [6.45, 7) is 2.05. The molecule has 2 aromatic carbocycles. The maximum Gasteiger partial charge on any atom is 0.376 e. The van der Waals surface area contributed by atoms with Gasteiger partial charge in [0.25, 0.3) is 6.01 Å². The number of esters is 1. The normalized spacial score (nSPS) is 13.9. The van der Waals surface area contributed by atoms with Crippen LogP contribution in [0.25, 0.3) is 10.8 Å². The van der Waals surface area contributed by atoms with Gasteiger partial charge in [-0.3, -0.25) is 0 Å². The van der Waals surface area contributed by atoms with E-state index in [0.29, 0.717) is 12.5 Å². The number of nitrogens with zero attached hydrogens (tertiary/aromatic N) is 1. The van der Waals surface area contributed by atoms with Crippen LogP contribution in [0.1, 0.15) is 41.8 Å². The highest BCUT2D eigenvalue weighted by atomic mass is 16.5. The maximum absolute atomic E-state index is 11.7. The van der Waals surface area contributed by atoms with Crippen LogP contribution < -0.4 is 5.32 Å². The molecule has 0 bridgehead atoms. The van der Waals surface area contributed by atoms with Crippen molar-refractivity contribution in [3.63, 3.8) is 0 Å². The second-order valence-corrected chi connectivity index (χ2v) is 5.90. The number of hydrogen-bond donors (Lipinski definition) is 1. The Labute approximate surface area is 139 Å². The van der Waals surface area contributed by atoms with Crippen molar-refractivity contribution in [2.75, 3.05) is 11.9 Å². The van der Waals surface area contributed by atoms with Crippen LogP contribution in [-0.4, -0.2) is 17.6 Å². The number of fused-ring (bicyclic) bond motifs is 1. The van der Waals surface area contributed by atoms with Crippen molar-refractivity contribution in [2.24, 2.45) is 0 Å². The van der Waals surface area contributed by atoms with Gasteiger partial charge in [-0.1, -0.05) is 30.3 Å². The molecule has 0 amide bonds. The molecule has 0 saturated heterocycles. The average Bonchev–Trinajstić information content (AvgIpc) is 3.33. The minimum absolute atomic E-state index is 0.0956. The lowest BCUT2D eigenvalue weighted by molar-refractivity contribution is 0.0491. The minimum Gasteiger partial charge on any atom is -0.460 e. The second-order valence-electron chi connectivity index (χ2n) is 5.90. The van der Waals surface area contributed by atoms with Crippen molar-refractivity contribution >= 4 is 28.4 Å². The molecule has 24 heavy (non-hydrogen) atoms. The number of oxazole rings is 1. The number of ether oxygens (including phenoxy) is 1. The zero-order valence-electron chi connectivity index (χ0n) is 13.4. The van der Waals surface area contributed by atoms with E-state index in [1.165, 1.54) is 30.0 Å². The zero-order valence-corrected chi connectivity index (χ0v) is 13.4. The quantitative estimate of drug-likeness (QED) is 0.694. The summed E-state index contributed by atoms with van der Waals surface area (Å²) in [6.07, 6.45) is 3.90. The lowest BCUT2D eigenvalue weighted by atomic mass is 10.00. The van der Waals surface area contributed by atoms with Gasteiger partial charge in [0.05, 0.1) is 18.5 Å². The number of nitrogens with one attached hydrogen (secondary N) is 1. The fraction of sp³-hybridized carbons (Fsp3) is 0.263. The minimum atomic E-state index is -0.507. The van der Waals surface area contributed by atoms with Gasteiger partial charge >= 0.3 is 5.97 Å². The molecule has 122 valence electrons. The molecule has 3 aromatic rings. The van der Waals surface area contributed by atoms with E-state index < -0.39 is 5.97 Å². The van der Waals surface area contributed by atoms with Gasteiger partial charge in [0.15, 0.2) is 0 Å². The van der Waals surface area contributed by atoms with E-state index in [0.717, 1.165) is 11.1 Å². The first-order valence-corrected chi connectivity index (χ1v) is 8.18. The third-order valence-corrected chi connectivity index (χ3v) is 4.20. The Morgan fingerprint density at radius 1 is 1.25 bits per heavy atom. The van der Waals surface area contributed by atoms with Gasteiger partial charge in [0.1, 0.15) is 0 Å². The molecule has 1 heterocycles. The fourth-order valence-electron chi connectivity index (χ4n) is 2.93. The van der Waals surface area contributed by atoms with Gasteiger partial charge in [-0.05, 0) is 42.7 Å². The Hall–Kier alpha value is -2.82. The Bertz CT molecular complexity index is 897. The first-order chi connectivity index (χ1) is 11.8.